The first kappa shape index (κ1) is 20.3. The van der Waals surface area contributed by atoms with Gasteiger partial charge in [0.1, 0.15) is 5.52 Å². The zero-order valence-corrected chi connectivity index (χ0v) is 17.4. The number of hydrogen-bond acceptors (Lipinski definition) is 5. The van der Waals surface area contributed by atoms with Gasteiger partial charge in [-0.25, -0.2) is 4.98 Å². The summed E-state index contributed by atoms with van der Waals surface area (Å²) in [6.45, 7) is 4.53. The van der Waals surface area contributed by atoms with E-state index in [4.69, 9.17) is 13.9 Å². The highest BCUT2D eigenvalue weighted by Crippen LogP contribution is 2.30. The van der Waals surface area contributed by atoms with Gasteiger partial charge in [-0.2, -0.15) is 0 Å². The molecule has 3 aromatic rings. The molecule has 1 amide bonds. The van der Waals surface area contributed by atoms with E-state index in [0.717, 1.165) is 54.4 Å². The maximum Gasteiger partial charge on any atom is 0.222 e. The number of rotatable bonds is 8. The molecular formula is C24H28N2O4. The predicted octanol–water partition coefficient (Wildman–Crippen LogP) is 4.79. The van der Waals surface area contributed by atoms with Gasteiger partial charge >= 0.3 is 0 Å². The van der Waals surface area contributed by atoms with Crippen LogP contribution in [-0.4, -0.2) is 42.1 Å². The fraction of sp³-hybridized carbons (Fsp3) is 0.417. The molecule has 30 heavy (non-hydrogen) atoms. The maximum atomic E-state index is 12.6. The Labute approximate surface area is 176 Å². The molecule has 0 saturated carbocycles. The van der Waals surface area contributed by atoms with Gasteiger partial charge in [0.25, 0.3) is 0 Å². The summed E-state index contributed by atoms with van der Waals surface area (Å²) < 4.78 is 17.3. The van der Waals surface area contributed by atoms with Crippen LogP contribution in [-0.2, 0) is 4.79 Å². The monoisotopic (exact) mass is 408 g/mol. The summed E-state index contributed by atoms with van der Waals surface area (Å²) in [6, 6.07) is 15.5. The number of carbonyl (C=O) groups excluding carboxylic acids is 1. The summed E-state index contributed by atoms with van der Waals surface area (Å²) in [4.78, 5) is 19.1. The van der Waals surface area contributed by atoms with Crippen molar-refractivity contribution in [3.8, 4) is 11.5 Å². The molecule has 158 valence electrons. The molecular weight excluding hydrogens is 380 g/mol. The zero-order chi connectivity index (χ0) is 20.8. The van der Waals surface area contributed by atoms with Crippen LogP contribution in [0.4, 0.5) is 0 Å². The van der Waals surface area contributed by atoms with Gasteiger partial charge in [0.15, 0.2) is 23.0 Å². The molecule has 0 bridgehead atoms. The summed E-state index contributed by atoms with van der Waals surface area (Å²) in [6.07, 6.45) is 2.95. The van der Waals surface area contributed by atoms with E-state index in [2.05, 4.69) is 4.98 Å². The van der Waals surface area contributed by atoms with Crippen LogP contribution in [0.2, 0.25) is 0 Å². The second kappa shape index (κ2) is 9.65. The molecule has 1 aliphatic rings. The summed E-state index contributed by atoms with van der Waals surface area (Å²) in [5.41, 5.74) is 1.73. The van der Waals surface area contributed by atoms with Crippen LogP contribution in [0, 0.1) is 0 Å². The lowest BCUT2D eigenvalue weighted by Gasteiger charge is -2.30. The van der Waals surface area contributed by atoms with Gasteiger partial charge in [-0.3, -0.25) is 4.79 Å². The highest BCUT2D eigenvalue weighted by Gasteiger charge is 2.26. The van der Waals surface area contributed by atoms with Crippen LogP contribution in [0.25, 0.3) is 11.1 Å². The zero-order valence-electron chi connectivity index (χ0n) is 17.4. The number of piperidine rings is 1. The molecule has 0 aliphatic carbocycles. The topological polar surface area (TPSA) is 64.8 Å². The number of oxazole rings is 1. The molecule has 0 radical (unpaired) electrons. The lowest BCUT2D eigenvalue weighted by atomic mass is 9.96. The van der Waals surface area contributed by atoms with Gasteiger partial charge in [0, 0.05) is 25.4 Å². The molecule has 1 aliphatic heterocycles. The summed E-state index contributed by atoms with van der Waals surface area (Å²) in [7, 11) is 0. The molecule has 2 aromatic carbocycles. The van der Waals surface area contributed by atoms with E-state index >= 15 is 0 Å². The number of likely N-dealkylation sites (tertiary alicyclic amines) is 1. The molecule has 0 N–H and O–H groups in total. The second-order valence-electron chi connectivity index (χ2n) is 7.51. The molecule has 0 atom stereocenters. The minimum atomic E-state index is 0.188. The van der Waals surface area contributed by atoms with Crippen molar-refractivity contribution in [2.75, 3.05) is 26.3 Å². The Kier molecular flexibility index (Phi) is 6.52. The van der Waals surface area contributed by atoms with Gasteiger partial charge in [0.2, 0.25) is 5.91 Å². The number of hydrogen-bond donors (Lipinski definition) is 0. The fourth-order valence-corrected chi connectivity index (χ4v) is 3.85. The number of nitrogens with zero attached hydrogens (tertiary/aromatic N) is 2. The molecule has 0 spiro atoms. The number of aromatic nitrogens is 1. The third kappa shape index (κ3) is 4.75. The molecule has 2 heterocycles. The van der Waals surface area contributed by atoms with Crippen molar-refractivity contribution in [1.82, 2.24) is 9.88 Å². The lowest BCUT2D eigenvalue weighted by molar-refractivity contribution is -0.132. The standard InChI is InChI=1S/C24H28N2O4/c1-2-28-21-10-5-6-11-22(21)29-17-7-12-23(27)26-15-13-18(14-16-26)24-25-19-8-3-4-9-20(19)30-24/h3-6,8-11,18H,2,7,12-17H2,1H3. The predicted molar refractivity (Wildman–Crippen MR) is 115 cm³/mol. The van der Waals surface area contributed by atoms with Crippen molar-refractivity contribution < 1.29 is 18.7 Å². The Hall–Kier alpha value is -3.02. The highest BCUT2D eigenvalue weighted by molar-refractivity contribution is 5.76. The van der Waals surface area contributed by atoms with Gasteiger partial charge < -0.3 is 18.8 Å². The quantitative estimate of drug-likeness (QED) is 0.501. The third-order valence-corrected chi connectivity index (χ3v) is 5.45. The maximum absolute atomic E-state index is 12.6. The molecule has 0 unspecified atom stereocenters. The molecule has 6 nitrogen and oxygen atoms in total. The van der Waals surface area contributed by atoms with E-state index < -0.39 is 0 Å². The van der Waals surface area contributed by atoms with Crippen molar-refractivity contribution in [3.63, 3.8) is 0 Å². The normalized spacial score (nSPS) is 14.8. The van der Waals surface area contributed by atoms with Crippen molar-refractivity contribution in [1.29, 1.82) is 0 Å². The Morgan fingerprint density at radius 3 is 2.50 bits per heavy atom. The van der Waals surface area contributed by atoms with E-state index in [-0.39, 0.29) is 11.8 Å². The van der Waals surface area contributed by atoms with E-state index in [9.17, 15) is 4.79 Å². The number of ether oxygens (including phenoxy) is 2. The van der Waals surface area contributed by atoms with Crippen LogP contribution < -0.4 is 9.47 Å². The first-order valence-corrected chi connectivity index (χ1v) is 10.7. The molecule has 1 saturated heterocycles. The summed E-state index contributed by atoms with van der Waals surface area (Å²) in [5, 5.41) is 0. The second-order valence-corrected chi connectivity index (χ2v) is 7.51. The Bertz CT molecular complexity index is 943. The minimum Gasteiger partial charge on any atom is -0.490 e. The molecule has 6 heteroatoms. The fourth-order valence-electron chi connectivity index (χ4n) is 3.85. The first-order chi connectivity index (χ1) is 14.7. The van der Waals surface area contributed by atoms with E-state index in [1.54, 1.807) is 0 Å². The average Bonchev–Trinajstić information content (AvgIpc) is 3.22. The number of benzene rings is 2. The van der Waals surface area contributed by atoms with Crippen LogP contribution in [0.15, 0.2) is 52.9 Å². The van der Waals surface area contributed by atoms with Gasteiger partial charge in [-0.05, 0) is 50.5 Å². The number of amides is 1. The largest absolute Gasteiger partial charge is 0.490 e. The van der Waals surface area contributed by atoms with Crippen LogP contribution in [0.1, 0.15) is 44.4 Å². The highest BCUT2D eigenvalue weighted by atomic mass is 16.5. The van der Waals surface area contributed by atoms with Gasteiger partial charge in [0.05, 0.1) is 13.2 Å². The molecule has 4 rings (SSSR count). The minimum absolute atomic E-state index is 0.188. The molecule has 1 fully saturated rings. The van der Waals surface area contributed by atoms with E-state index in [0.29, 0.717) is 26.1 Å². The van der Waals surface area contributed by atoms with E-state index in [1.807, 2.05) is 60.4 Å². The van der Waals surface area contributed by atoms with Gasteiger partial charge in [-0.15, -0.1) is 0 Å². The van der Waals surface area contributed by atoms with Gasteiger partial charge in [-0.1, -0.05) is 24.3 Å². The van der Waals surface area contributed by atoms with Crippen molar-refractivity contribution >= 4 is 17.0 Å². The van der Waals surface area contributed by atoms with Crippen molar-refractivity contribution in [3.05, 3.63) is 54.4 Å². The number of para-hydroxylation sites is 4. The smallest absolute Gasteiger partial charge is 0.222 e. The third-order valence-electron chi connectivity index (χ3n) is 5.45. The summed E-state index contributed by atoms with van der Waals surface area (Å²) >= 11 is 0. The number of carbonyl (C=O) groups is 1. The first-order valence-electron chi connectivity index (χ1n) is 10.7. The van der Waals surface area contributed by atoms with Crippen LogP contribution in [0.3, 0.4) is 0 Å². The summed E-state index contributed by atoms with van der Waals surface area (Å²) in [5.74, 6) is 2.73. The Morgan fingerprint density at radius 2 is 1.77 bits per heavy atom. The molecule has 1 aromatic heterocycles. The van der Waals surface area contributed by atoms with Crippen molar-refractivity contribution in [2.24, 2.45) is 0 Å². The van der Waals surface area contributed by atoms with Crippen LogP contribution >= 0.6 is 0 Å². The number of fused-ring (bicyclic) bond motifs is 1. The lowest BCUT2D eigenvalue weighted by Crippen LogP contribution is -2.38. The SMILES string of the molecule is CCOc1ccccc1OCCCC(=O)N1CCC(c2nc3ccccc3o2)CC1. The Morgan fingerprint density at radius 1 is 1.07 bits per heavy atom. The average molecular weight is 408 g/mol. The Balaban J connectivity index is 1.21. The van der Waals surface area contributed by atoms with E-state index in [1.165, 1.54) is 0 Å². The van der Waals surface area contributed by atoms with Crippen molar-refractivity contribution in [2.45, 2.75) is 38.5 Å². The van der Waals surface area contributed by atoms with Crippen LogP contribution in [0.5, 0.6) is 11.5 Å².